The summed E-state index contributed by atoms with van der Waals surface area (Å²) in [4.78, 5) is 13.0. The van der Waals surface area contributed by atoms with Gasteiger partial charge in [0.15, 0.2) is 0 Å². The maximum absolute atomic E-state index is 12.1. The first-order valence-electron chi connectivity index (χ1n) is 7.25. The van der Waals surface area contributed by atoms with Crippen molar-refractivity contribution in [3.05, 3.63) is 34.7 Å². The van der Waals surface area contributed by atoms with Crippen molar-refractivity contribution in [3.8, 4) is 0 Å². The van der Waals surface area contributed by atoms with E-state index in [1.54, 1.807) is 18.4 Å². The van der Waals surface area contributed by atoms with Crippen molar-refractivity contribution >= 4 is 27.3 Å². The van der Waals surface area contributed by atoms with Crippen LogP contribution in [0, 0.1) is 0 Å². The molecule has 20 heavy (non-hydrogen) atoms. The number of amides is 1. The number of fused-ring (bicyclic) bond motifs is 1. The number of hydrogen-bond donors (Lipinski definition) is 2. The highest BCUT2D eigenvalue weighted by Gasteiger charge is 2.21. The van der Waals surface area contributed by atoms with Gasteiger partial charge in [-0.25, -0.2) is 0 Å². The third-order valence-corrected chi connectivity index (χ3v) is 5.21. The summed E-state index contributed by atoms with van der Waals surface area (Å²) in [5.41, 5.74) is 1.21. The number of nitrogens with one attached hydrogen (secondary N) is 2. The molecular formula is C16H20N2OS. The van der Waals surface area contributed by atoms with E-state index in [9.17, 15) is 4.79 Å². The van der Waals surface area contributed by atoms with E-state index in [1.165, 1.54) is 34.9 Å². The van der Waals surface area contributed by atoms with E-state index >= 15 is 0 Å². The minimum atomic E-state index is 0.0389. The molecule has 1 fully saturated rings. The number of benzene rings is 1. The molecule has 1 atom stereocenters. The summed E-state index contributed by atoms with van der Waals surface area (Å²) in [5, 5.41) is 7.59. The molecule has 2 aromatic rings. The van der Waals surface area contributed by atoms with Crippen molar-refractivity contribution in [3.63, 3.8) is 0 Å². The van der Waals surface area contributed by atoms with Crippen LogP contribution in [0.15, 0.2) is 24.3 Å². The molecule has 2 heterocycles. The van der Waals surface area contributed by atoms with Gasteiger partial charge in [-0.1, -0.05) is 24.6 Å². The number of carbonyl (C=O) groups excluding carboxylic acids is 1. The molecule has 1 aromatic heterocycles. The van der Waals surface area contributed by atoms with E-state index in [2.05, 4.69) is 28.8 Å². The Morgan fingerprint density at radius 3 is 3.00 bits per heavy atom. The maximum atomic E-state index is 12.1. The van der Waals surface area contributed by atoms with Gasteiger partial charge in [-0.15, -0.1) is 11.3 Å². The van der Waals surface area contributed by atoms with Gasteiger partial charge >= 0.3 is 0 Å². The molecule has 106 valence electrons. The van der Waals surface area contributed by atoms with Crippen LogP contribution in [0.3, 0.4) is 0 Å². The summed E-state index contributed by atoms with van der Waals surface area (Å²) < 4.78 is 1.21. The van der Waals surface area contributed by atoms with Gasteiger partial charge in [-0.3, -0.25) is 4.79 Å². The van der Waals surface area contributed by atoms with E-state index in [4.69, 9.17) is 0 Å². The van der Waals surface area contributed by atoms with Gasteiger partial charge in [-0.2, -0.15) is 0 Å². The molecule has 1 aliphatic heterocycles. The summed E-state index contributed by atoms with van der Waals surface area (Å²) in [7, 11) is 1.70. The summed E-state index contributed by atoms with van der Waals surface area (Å²) in [6.45, 7) is 1.10. The fourth-order valence-corrected chi connectivity index (χ4v) is 4.12. The van der Waals surface area contributed by atoms with Crippen LogP contribution in [0.4, 0.5) is 0 Å². The van der Waals surface area contributed by atoms with Gasteiger partial charge < -0.3 is 10.6 Å². The number of thiophene rings is 1. The minimum Gasteiger partial charge on any atom is -0.354 e. The molecule has 0 saturated carbocycles. The Bertz CT molecular complexity index is 614. The molecule has 1 aromatic carbocycles. The van der Waals surface area contributed by atoms with Crippen LogP contribution in [0.25, 0.3) is 10.1 Å². The van der Waals surface area contributed by atoms with E-state index in [-0.39, 0.29) is 5.91 Å². The topological polar surface area (TPSA) is 41.1 Å². The molecule has 0 aliphatic carbocycles. The summed E-state index contributed by atoms with van der Waals surface area (Å²) in [5.74, 6) is 0.0389. The first-order chi connectivity index (χ1) is 9.79. The molecule has 0 unspecified atom stereocenters. The lowest BCUT2D eigenvalue weighted by atomic mass is 9.96. The molecule has 3 rings (SSSR count). The summed E-state index contributed by atoms with van der Waals surface area (Å²) in [6, 6.07) is 8.83. The van der Waals surface area contributed by atoms with Crippen LogP contribution in [0.1, 0.15) is 34.5 Å². The number of carbonyl (C=O) groups is 1. The van der Waals surface area contributed by atoms with Crippen molar-refractivity contribution in [2.24, 2.45) is 0 Å². The average Bonchev–Trinajstić information content (AvgIpc) is 2.86. The van der Waals surface area contributed by atoms with Gasteiger partial charge in [0, 0.05) is 17.8 Å². The lowest BCUT2D eigenvalue weighted by Crippen LogP contribution is -2.36. The predicted octanol–water partition coefficient (Wildman–Crippen LogP) is 2.95. The van der Waals surface area contributed by atoms with Crippen LogP contribution in [-0.2, 0) is 6.42 Å². The smallest absolute Gasteiger partial charge is 0.261 e. The lowest BCUT2D eigenvalue weighted by molar-refractivity contribution is 0.0966. The normalized spacial score (nSPS) is 19.1. The van der Waals surface area contributed by atoms with Crippen LogP contribution < -0.4 is 10.6 Å². The molecule has 3 nitrogen and oxygen atoms in total. The van der Waals surface area contributed by atoms with E-state index in [0.717, 1.165) is 17.8 Å². The van der Waals surface area contributed by atoms with Gasteiger partial charge in [0.25, 0.3) is 5.91 Å². The third kappa shape index (κ3) is 2.58. The molecule has 1 amide bonds. The molecule has 0 radical (unpaired) electrons. The van der Waals surface area contributed by atoms with Gasteiger partial charge in [-0.05, 0) is 42.8 Å². The Morgan fingerprint density at radius 1 is 1.40 bits per heavy atom. The minimum absolute atomic E-state index is 0.0389. The van der Waals surface area contributed by atoms with Crippen LogP contribution >= 0.6 is 11.3 Å². The second-order valence-electron chi connectivity index (χ2n) is 5.34. The molecule has 4 heteroatoms. The predicted molar refractivity (Wildman–Crippen MR) is 84.6 cm³/mol. The third-order valence-electron chi connectivity index (χ3n) is 3.99. The molecule has 2 N–H and O–H groups in total. The molecule has 1 aliphatic rings. The molecular weight excluding hydrogens is 268 g/mol. The molecule has 0 bridgehead atoms. The summed E-state index contributed by atoms with van der Waals surface area (Å²) >= 11 is 1.61. The second kappa shape index (κ2) is 5.94. The zero-order chi connectivity index (χ0) is 13.9. The zero-order valence-electron chi connectivity index (χ0n) is 11.7. The Morgan fingerprint density at radius 2 is 2.25 bits per heavy atom. The highest BCUT2D eigenvalue weighted by atomic mass is 32.1. The molecule has 1 saturated heterocycles. The Kier molecular flexibility index (Phi) is 4.03. The van der Waals surface area contributed by atoms with Crippen molar-refractivity contribution in [1.82, 2.24) is 10.6 Å². The van der Waals surface area contributed by atoms with Gasteiger partial charge in [0.05, 0.1) is 4.88 Å². The number of piperidine rings is 1. The Balaban J connectivity index is 1.99. The monoisotopic (exact) mass is 288 g/mol. The van der Waals surface area contributed by atoms with Crippen molar-refractivity contribution in [2.75, 3.05) is 13.6 Å². The quantitative estimate of drug-likeness (QED) is 0.911. The lowest BCUT2D eigenvalue weighted by Gasteiger charge is -2.23. The van der Waals surface area contributed by atoms with Crippen LogP contribution in [0.5, 0.6) is 0 Å². The molecule has 0 spiro atoms. The van der Waals surface area contributed by atoms with E-state index in [1.807, 2.05) is 6.07 Å². The Labute approximate surface area is 123 Å². The van der Waals surface area contributed by atoms with Crippen LogP contribution in [-0.4, -0.2) is 25.5 Å². The zero-order valence-corrected chi connectivity index (χ0v) is 12.6. The standard InChI is InChI=1S/C16H20N2OS/c1-17-16(19)15-13(10-11-6-4-5-9-18-11)12-7-2-3-8-14(12)20-15/h2-3,7-8,11,18H,4-6,9-10H2,1H3,(H,17,19)/t11-/m0/s1. The Hall–Kier alpha value is -1.39. The van der Waals surface area contributed by atoms with Crippen LogP contribution in [0.2, 0.25) is 0 Å². The van der Waals surface area contributed by atoms with Crippen molar-refractivity contribution in [1.29, 1.82) is 0 Å². The first-order valence-corrected chi connectivity index (χ1v) is 8.07. The highest BCUT2D eigenvalue weighted by molar-refractivity contribution is 7.21. The maximum Gasteiger partial charge on any atom is 0.261 e. The van der Waals surface area contributed by atoms with Gasteiger partial charge in [0.1, 0.15) is 0 Å². The fraction of sp³-hybridized carbons (Fsp3) is 0.438. The van der Waals surface area contributed by atoms with Gasteiger partial charge in [0.2, 0.25) is 0 Å². The largest absolute Gasteiger partial charge is 0.354 e. The van der Waals surface area contributed by atoms with E-state index in [0.29, 0.717) is 6.04 Å². The second-order valence-corrected chi connectivity index (χ2v) is 6.39. The fourth-order valence-electron chi connectivity index (χ4n) is 2.94. The number of rotatable bonds is 3. The highest BCUT2D eigenvalue weighted by Crippen LogP contribution is 2.32. The van der Waals surface area contributed by atoms with E-state index < -0.39 is 0 Å². The SMILES string of the molecule is CNC(=O)c1sc2ccccc2c1C[C@@H]1CCCCN1. The van der Waals surface area contributed by atoms with Crippen molar-refractivity contribution in [2.45, 2.75) is 31.7 Å². The summed E-state index contributed by atoms with van der Waals surface area (Å²) in [6.07, 6.45) is 4.71. The average molecular weight is 288 g/mol. The first kappa shape index (κ1) is 13.6. The van der Waals surface area contributed by atoms with Crippen molar-refractivity contribution < 1.29 is 4.79 Å². The number of hydrogen-bond acceptors (Lipinski definition) is 3.